The van der Waals surface area contributed by atoms with E-state index in [2.05, 4.69) is 4.72 Å². The van der Waals surface area contributed by atoms with Crippen molar-refractivity contribution in [3.05, 3.63) is 82.8 Å². The van der Waals surface area contributed by atoms with Crippen molar-refractivity contribution in [2.45, 2.75) is 52.7 Å². The molecule has 0 atom stereocenters. The van der Waals surface area contributed by atoms with Gasteiger partial charge in [0.25, 0.3) is 10.0 Å². The second kappa shape index (κ2) is 9.59. The van der Waals surface area contributed by atoms with Gasteiger partial charge in [-0.15, -0.1) is 0 Å². The Hall–Kier alpha value is -2.97. The Morgan fingerprint density at radius 2 is 1.49 bits per heavy atom. The minimum absolute atomic E-state index is 0.158. The lowest BCUT2D eigenvalue weighted by Crippen LogP contribution is -2.19. The van der Waals surface area contributed by atoms with Crippen molar-refractivity contribution < 1.29 is 8.42 Å². The number of anilines is 1. The molecule has 182 valence electrons. The normalized spacial score (nSPS) is 14.9. The maximum Gasteiger partial charge on any atom is 0.328 e. The van der Waals surface area contributed by atoms with Gasteiger partial charge in [-0.2, -0.15) is 0 Å². The van der Waals surface area contributed by atoms with Crippen LogP contribution < -0.4 is 10.4 Å². The molecule has 0 unspecified atom stereocenters. The molecule has 0 radical (unpaired) electrons. The fourth-order valence-electron chi connectivity index (χ4n) is 4.86. The standard InChI is InChI=1S/C27H29N3O3S2/c1-29-24-17-23(26(18-25(24)30(2)27(29)31)34-21-11-7-4-8-12-21)28-35(32,33)22-15-13-20(14-16-22)19-9-5-3-6-10-19/h4,7-8,11-19,28H,3,5-6,9-10H2,1-2H3. The summed E-state index contributed by atoms with van der Waals surface area (Å²) in [6, 6.07) is 20.7. The Balaban J connectivity index is 1.51. The van der Waals surface area contributed by atoms with E-state index in [0.29, 0.717) is 17.1 Å². The third kappa shape index (κ3) is 4.77. The SMILES string of the molecule is Cn1c(=O)n(C)c2cc(Sc3ccccc3)c(NS(=O)(=O)c3ccc(C4CCCCC4)cc3)cc21. The van der Waals surface area contributed by atoms with E-state index in [1.807, 2.05) is 48.5 Å². The topological polar surface area (TPSA) is 73.1 Å². The molecule has 1 heterocycles. The molecule has 5 rings (SSSR count). The summed E-state index contributed by atoms with van der Waals surface area (Å²) in [5.74, 6) is 0.518. The van der Waals surface area contributed by atoms with Crippen LogP contribution in [0.5, 0.6) is 0 Å². The Labute approximate surface area is 210 Å². The number of imidazole rings is 1. The van der Waals surface area contributed by atoms with Gasteiger partial charge in [0.15, 0.2) is 0 Å². The first-order valence-electron chi connectivity index (χ1n) is 11.9. The quantitative estimate of drug-likeness (QED) is 0.354. The van der Waals surface area contributed by atoms with Crippen LogP contribution in [0.2, 0.25) is 0 Å². The first-order valence-corrected chi connectivity index (χ1v) is 14.2. The highest BCUT2D eigenvalue weighted by Crippen LogP contribution is 2.38. The summed E-state index contributed by atoms with van der Waals surface area (Å²) < 4.78 is 32.7. The monoisotopic (exact) mass is 507 g/mol. The molecule has 3 aromatic carbocycles. The molecule has 1 N–H and O–H groups in total. The highest BCUT2D eigenvalue weighted by molar-refractivity contribution is 7.99. The molecule has 0 amide bonds. The zero-order valence-corrected chi connectivity index (χ0v) is 21.5. The third-order valence-electron chi connectivity index (χ3n) is 6.86. The molecule has 4 aromatic rings. The van der Waals surface area contributed by atoms with Crippen LogP contribution in [0.4, 0.5) is 5.69 Å². The van der Waals surface area contributed by atoms with Crippen LogP contribution in [0.1, 0.15) is 43.6 Å². The molecular weight excluding hydrogens is 478 g/mol. The number of benzene rings is 3. The number of nitrogens with zero attached hydrogens (tertiary/aromatic N) is 2. The second-order valence-corrected chi connectivity index (χ2v) is 12.0. The molecule has 35 heavy (non-hydrogen) atoms. The summed E-state index contributed by atoms with van der Waals surface area (Å²) >= 11 is 1.46. The molecule has 0 saturated heterocycles. The van der Waals surface area contributed by atoms with Gasteiger partial charge in [0.05, 0.1) is 21.6 Å². The van der Waals surface area contributed by atoms with Crippen LogP contribution in [0.3, 0.4) is 0 Å². The van der Waals surface area contributed by atoms with Gasteiger partial charge in [0.2, 0.25) is 0 Å². The van der Waals surface area contributed by atoms with Crippen molar-refractivity contribution in [1.29, 1.82) is 0 Å². The number of aromatic nitrogens is 2. The summed E-state index contributed by atoms with van der Waals surface area (Å²) in [6.07, 6.45) is 6.09. The fraction of sp³-hybridized carbons (Fsp3) is 0.296. The first kappa shape index (κ1) is 23.8. The predicted octanol–water partition coefficient (Wildman–Crippen LogP) is 5.88. The maximum absolute atomic E-state index is 13.4. The summed E-state index contributed by atoms with van der Waals surface area (Å²) in [4.78, 5) is 14.5. The number of fused-ring (bicyclic) bond motifs is 1. The smallest absolute Gasteiger partial charge is 0.295 e. The van der Waals surface area contributed by atoms with Crippen LogP contribution in [0.25, 0.3) is 11.0 Å². The largest absolute Gasteiger partial charge is 0.328 e. The Morgan fingerprint density at radius 1 is 0.857 bits per heavy atom. The zero-order chi connectivity index (χ0) is 24.6. The van der Waals surface area contributed by atoms with E-state index in [1.165, 1.54) is 54.0 Å². The van der Waals surface area contributed by atoms with Crippen molar-refractivity contribution in [2.24, 2.45) is 14.1 Å². The van der Waals surface area contributed by atoms with E-state index >= 15 is 0 Å². The first-order chi connectivity index (χ1) is 16.8. The number of hydrogen-bond acceptors (Lipinski definition) is 4. The van der Waals surface area contributed by atoms with Gasteiger partial charge in [-0.25, -0.2) is 13.2 Å². The third-order valence-corrected chi connectivity index (χ3v) is 9.30. The van der Waals surface area contributed by atoms with Crippen molar-refractivity contribution in [3.8, 4) is 0 Å². The highest BCUT2D eigenvalue weighted by atomic mass is 32.2. The van der Waals surface area contributed by atoms with Crippen molar-refractivity contribution in [1.82, 2.24) is 9.13 Å². The van der Waals surface area contributed by atoms with Crippen LogP contribution in [0, 0.1) is 0 Å². The van der Waals surface area contributed by atoms with E-state index in [0.717, 1.165) is 15.3 Å². The lowest BCUT2D eigenvalue weighted by molar-refractivity contribution is 0.443. The number of aryl methyl sites for hydroxylation is 2. The Kier molecular flexibility index (Phi) is 6.51. The average Bonchev–Trinajstić information content (AvgIpc) is 3.08. The van der Waals surface area contributed by atoms with Gasteiger partial charge in [-0.05, 0) is 60.7 Å². The van der Waals surface area contributed by atoms with E-state index in [-0.39, 0.29) is 10.6 Å². The number of hydrogen-bond donors (Lipinski definition) is 1. The zero-order valence-electron chi connectivity index (χ0n) is 19.9. The van der Waals surface area contributed by atoms with Crippen LogP contribution >= 0.6 is 11.8 Å². The minimum Gasteiger partial charge on any atom is -0.295 e. The summed E-state index contributed by atoms with van der Waals surface area (Å²) in [6.45, 7) is 0. The molecule has 1 fully saturated rings. The van der Waals surface area contributed by atoms with Crippen molar-refractivity contribution in [2.75, 3.05) is 4.72 Å². The molecule has 0 spiro atoms. The van der Waals surface area contributed by atoms with E-state index in [4.69, 9.17) is 0 Å². The van der Waals surface area contributed by atoms with Crippen molar-refractivity contribution in [3.63, 3.8) is 0 Å². The highest BCUT2D eigenvalue weighted by Gasteiger charge is 2.21. The van der Waals surface area contributed by atoms with Crippen molar-refractivity contribution >= 4 is 38.5 Å². The lowest BCUT2D eigenvalue weighted by atomic mass is 9.84. The molecule has 1 saturated carbocycles. The molecule has 6 nitrogen and oxygen atoms in total. The summed E-state index contributed by atoms with van der Waals surface area (Å²) in [7, 11) is -0.405. The maximum atomic E-state index is 13.4. The molecule has 8 heteroatoms. The van der Waals surface area contributed by atoms with E-state index in [9.17, 15) is 13.2 Å². The van der Waals surface area contributed by atoms with Gasteiger partial charge in [0.1, 0.15) is 0 Å². The summed E-state index contributed by atoms with van der Waals surface area (Å²) in [5, 5.41) is 0. The lowest BCUT2D eigenvalue weighted by Gasteiger charge is -2.22. The van der Waals surface area contributed by atoms with E-state index < -0.39 is 10.0 Å². The van der Waals surface area contributed by atoms with Crippen LogP contribution in [0.15, 0.2) is 86.2 Å². The molecule has 1 aliphatic carbocycles. The average molecular weight is 508 g/mol. The Bertz CT molecular complexity index is 1520. The number of rotatable bonds is 6. The Morgan fingerprint density at radius 3 is 2.14 bits per heavy atom. The second-order valence-electron chi connectivity index (χ2n) is 9.16. The number of nitrogens with one attached hydrogen (secondary N) is 1. The van der Waals surface area contributed by atoms with Gasteiger partial charge in [0, 0.05) is 23.9 Å². The molecule has 0 aliphatic heterocycles. The number of sulfonamides is 1. The predicted molar refractivity (Wildman–Crippen MR) is 142 cm³/mol. The van der Waals surface area contributed by atoms with E-state index in [1.54, 1.807) is 36.9 Å². The van der Waals surface area contributed by atoms with Gasteiger partial charge < -0.3 is 0 Å². The summed E-state index contributed by atoms with van der Waals surface area (Å²) in [5.41, 5.74) is 2.92. The van der Waals surface area contributed by atoms with Crippen LogP contribution in [-0.4, -0.2) is 17.6 Å². The van der Waals surface area contributed by atoms with Crippen LogP contribution in [-0.2, 0) is 24.1 Å². The minimum atomic E-state index is -3.82. The molecule has 0 bridgehead atoms. The van der Waals surface area contributed by atoms with Gasteiger partial charge in [-0.3, -0.25) is 13.9 Å². The molecule has 1 aromatic heterocycles. The molecule has 1 aliphatic rings. The van der Waals surface area contributed by atoms with Gasteiger partial charge >= 0.3 is 5.69 Å². The fourth-order valence-corrected chi connectivity index (χ4v) is 6.94. The van der Waals surface area contributed by atoms with Gasteiger partial charge in [-0.1, -0.05) is 61.4 Å². The molecular formula is C27H29N3O3S2.